The molecule has 2 N–H and O–H groups in total. The molecule has 1 aliphatic carbocycles. The Bertz CT molecular complexity index is 460. The van der Waals surface area contributed by atoms with Crippen LogP contribution in [0.1, 0.15) is 29.6 Å². The second kappa shape index (κ2) is 4.59. The lowest BCUT2D eigenvalue weighted by Gasteiger charge is -2.29. The molecule has 98 valence electrons. The van der Waals surface area contributed by atoms with E-state index in [1.54, 1.807) is 6.07 Å². The summed E-state index contributed by atoms with van der Waals surface area (Å²) < 4.78 is 4.98. The number of nitrogens with two attached hydrogens (primary N) is 1. The lowest BCUT2D eigenvalue weighted by atomic mass is 9.78. The van der Waals surface area contributed by atoms with E-state index in [2.05, 4.69) is 0 Å². The number of carbonyl (C=O) groups is 1. The van der Waals surface area contributed by atoms with Gasteiger partial charge in [0.2, 0.25) is 5.22 Å². The number of nitrogens with zero attached hydrogens (tertiary/aromatic N) is 1. The number of rotatable bonds is 1. The third kappa shape index (κ3) is 1.93. The summed E-state index contributed by atoms with van der Waals surface area (Å²) in [4.78, 5) is 14.2. The van der Waals surface area contributed by atoms with Crippen LogP contribution in [-0.2, 0) is 0 Å². The van der Waals surface area contributed by atoms with Crippen molar-refractivity contribution in [1.82, 2.24) is 4.90 Å². The van der Waals surface area contributed by atoms with E-state index < -0.39 is 0 Å². The Labute approximate surface area is 111 Å². The number of fused-ring (bicyclic) bond motifs is 1. The number of amides is 1. The quantitative estimate of drug-likeness (QED) is 0.849. The van der Waals surface area contributed by atoms with Crippen LogP contribution in [0.2, 0.25) is 5.22 Å². The van der Waals surface area contributed by atoms with Crippen LogP contribution >= 0.6 is 11.6 Å². The highest BCUT2D eigenvalue weighted by molar-refractivity contribution is 6.32. The maximum atomic E-state index is 12.3. The van der Waals surface area contributed by atoms with Crippen LogP contribution in [0.4, 0.5) is 0 Å². The van der Waals surface area contributed by atoms with Gasteiger partial charge in [-0.05, 0) is 42.3 Å². The smallest absolute Gasteiger partial charge is 0.258 e. The Morgan fingerprint density at radius 2 is 2.28 bits per heavy atom. The van der Waals surface area contributed by atoms with E-state index in [0.717, 1.165) is 19.5 Å². The van der Waals surface area contributed by atoms with E-state index in [9.17, 15) is 4.79 Å². The van der Waals surface area contributed by atoms with Gasteiger partial charge in [0.15, 0.2) is 0 Å². The molecule has 0 aromatic carbocycles. The topological polar surface area (TPSA) is 59.5 Å². The van der Waals surface area contributed by atoms with E-state index in [0.29, 0.717) is 17.4 Å². The van der Waals surface area contributed by atoms with E-state index in [-0.39, 0.29) is 17.2 Å². The molecule has 4 nitrogen and oxygen atoms in total. The Morgan fingerprint density at radius 3 is 2.94 bits per heavy atom. The molecule has 3 atom stereocenters. The molecule has 5 heteroatoms. The number of furan rings is 1. The first-order chi connectivity index (χ1) is 8.66. The molecule has 1 amide bonds. The van der Waals surface area contributed by atoms with Gasteiger partial charge in [-0.1, -0.05) is 6.42 Å². The highest BCUT2D eigenvalue weighted by Crippen LogP contribution is 2.36. The Morgan fingerprint density at radius 1 is 1.44 bits per heavy atom. The standard InChI is InChI=1S/C13H17ClN2O2/c14-12-9(4-5-18-12)13(17)16-6-8-2-1-3-11(15)10(8)7-16/h4-5,8,10-11H,1-3,6-7,15H2. The van der Waals surface area contributed by atoms with Crippen molar-refractivity contribution in [3.05, 3.63) is 23.1 Å². The fourth-order valence-corrected chi connectivity index (χ4v) is 3.49. The first kappa shape index (κ1) is 12.1. The third-order valence-electron chi connectivity index (χ3n) is 4.29. The second-order valence-corrected chi connectivity index (χ2v) is 5.68. The van der Waals surface area contributed by atoms with E-state index in [1.807, 2.05) is 4.90 Å². The molecule has 1 aromatic heterocycles. The minimum atomic E-state index is -0.0321. The summed E-state index contributed by atoms with van der Waals surface area (Å²) in [6.45, 7) is 1.56. The predicted octanol–water partition coefficient (Wildman–Crippen LogP) is 2.13. The van der Waals surface area contributed by atoms with Crippen LogP contribution < -0.4 is 5.73 Å². The van der Waals surface area contributed by atoms with Gasteiger partial charge in [0.1, 0.15) is 0 Å². The van der Waals surface area contributed by atoms with Crippen molar-refractivity contribution in [1.29, 1.82) is 0 Å². The number of halogens is 1. The van der Waals surface area contributed by atoms with Gasteiger partial charge in [0.25, 0.3) is 5.91 Å². The van der Waals surface area contributed by atoms with Crippen LogP contribution in [0.25, 0.3) is 0 Å². The van der Waals surface area contributed by atoms with Crippen molar-refractivity contribution in [2.75, 3.05) is 13.1 Å². The largest absolute Gasteiger partial charge is 0.452 e. The molecular weight excluding hydrogens is 252 g/mol. The Hall–Kier alpha value is -1.00. The molecule has 1 saturated heterocycles. The lowest BCUT2D eigenvalue weighted by Crippen LogP contribution is -2.38. The van der Waals surface area contributed by atoms with Crippen molar-refractivity contribution in [3.63, 3.8) is 0 Å². The van der Waals surface area contributed by atoms with Crippen LogP contribution in [0.3, 0.4) is 0 Å². The summed E-state index contributed by atoms with van der Waals surface area (Å²) in [5.74, 6) is 0.979. The fourth-order valence-electron chi connectivity index (χ4n) is 3.30. The molecule has 2 fully saturated rings. The fraction of sp³-hybridized carbons (Fsp3) is 0.615. The summed E-state index contributed by atoms with van der Waals surface area (Å²) in [7, 11) is 0. The van der Waals surface area contributed by atoms with E-state index >= 15 is 0 Å². The molecule has 3 unspecified atom stereocenters. The van der Waals surface area contributed by atoms with Crippen molar-refractivity contribution in [2.45, 2.75) is 25.3 Å². The van der Waals surface area contributed by atoms with Gasteiger partial charge in [-0.15, -0.1) is 0 Å². The molecule has 0 radical (unpaired) electrons. The molecule has 2 heterocycles. The van der Waals surface area contributed by atoms with Gasteiger partial charge in [-0.2, -0.15) is 0 Å². The molecule has 3 rings (SSSR count). The van der Waals surface area contributed by atoms with Crippen molar-refractivity contribution < 1.29 is 9.21 Å². The van der Waals surface area contributed by atoms with Gasteiger partial charge in [0.05, 0.1) is 11.8 Å². The summed E-state index contributed by atoms with van der Waals surface area (Å²) in [6, 6.07) is 1.87. The Kier molecular flexibility index (Phi) is 3.08. The SMILES string of the molecule is NC1CCCC2CN(C(=O)c3ccoc3Cl)CC12. The maximum absolute atomic E-state index is 12.3. The second-order valence-electron chi connectivity index (χ2n) is 5.34. The molecule has 2 aliphatic rings. The van der Waals surface area contributed by atoms with Crippen LogP contribution in [0.5, 0.6) is 0 Å². The minimum absolute atomic E-state index is 0.0321. The number of hydrogen-bond donors (Lipinski definition) is 1. The van der Waals surface area contributed by atoms with Crippen LogP contribution in [0.15, 0.2) is 16.7 Å². The van der Waals surface area contributed by atoms with Gasteiger partial charge in [0, 0.05) is 19.1 Å². The average molecular weight is 269 g/mol. The van der Waals surface area contributed by atoms with Crippen molar-refractivity contribution >= 4 is 17.5 Å². The van der Waals surface area contributed by atoms with Crippen molar-refractivity contribution in [2.24, 2.45) is 17.6 Å². The molecule has 1 aliphatic heterocycles. The molecule has 18 heavy (non-hydrogen) atoms. The summed E-state index contributed by atoms with van der Waals surface area (Å²) in [6.07, 6.45) is 4.89. The van der Waals surface area contributed by atoms with Gasteiger partial charge < -0.3 is 15.1 Å². The normalized spacial score (nSPS) is 31.4. The zero-order chi connectivity index (χ0) is 12.7. The summed E-state index contributed by atoms with van der Waals surface area (Å²) in [5.41, 5.74) is 6.61. The van der Waals surface area contributed by atoms with Crippen molar-refractivity contribution in [3.8, 4) is 0 Å². The highest BCUT2D eigenvalue weighted by atomic mass is 35.5. The van der Waals surface area contributed by atoms with Crippen LogP contribution in [-0.4, -0.2) is 29.9 Å². The zero-order valence-corrected chi connectivity index (χ0v) is 10.9. The molecule has 0 bridgehead atoms. The first-order valence-corrected chi connectivity index (χ1v) is 6.82. The first-order valence-electron chi connectivity index (χ1n) is 6.44. The zero-order valence-electron chi connectivity index (χ0n) is 10.1. The maximum Gasteiger partial charge on any atom is 0.258 e. The summed E-state index contributed by atoms with van der Waals surface area (Å²) >= 11 is 5.86. The van der Waals surface area contributed by atoms with Gasteiger partial charge in [-0.3, -0.25) is 4.79 Å². The molecule has 1 saturated carbocycles. The monoisotopic (exact) mass is 268 g/mol. The number of likely N-dealkylation sites (tertiary alicyclic amines) is 1. The summed E-state index contributed by atoms with van der Waals surface area (Å²) in [5, 5.41) is 0.180. The van der Waals surface area contributed by atoms with E-state index in [1.165, 1.54) is 19.1 Å². The van der Waals surface area contributed by atoms with Gasteiger partial charge in [-0.25, -0.2) is 0 Å². The average Bonchev–Trinajstić information content (AvgIpc) is 2.95. The Balaban J connectivity index is 1.75. The third-order valence-corrected chi connectivity index (χ3v) is 4.58. The predicted molar refractivity (Wildman–Crippen MR) is 68.4 cm³/mol. The lowest BCUT2D eigenvalue weighted by molar-refractivity contribution is 0.0783. The number of carbonyl (C=O) groups excluding carboxylic acids is 1. The van der Waals surface area contributed by atoms with E-state index in [4.69, 9.17) is 21.8 Å². The molecular formula is C13H17ClN2O2. The molecule has 0 spiro atoms. The highest BCUT2D eigenvalue weighted by Gasteiger charge is 2.40. The number of hydrogen-bond acceptors (Lipinski definition) is 3. The minimum Gasteiger partial charge on any atom is -0.452 e. The van der Waals surface area contributed by atoms with Gasteiger partial charge >= 0.3 is 0 Å². The van der Waals surface area contributed by atoms with Crippen LogP contribution in [0, 0.1) is 11.8 Å². The molecule has 1 aromatic rings.